The molecule has 0 aliphatic heterocycles. The molecule has 0 saturated heterocycles. The Balaban J connectivity index is 2.97. The lowest BCUT2D eigenvalue weighted by Gasteiger charge is -2.39. The number of benzene rings is 1. The van der Waals surface area contributed by atoms with Gasteiger partial charge in [-0.2, -0.15) is 0 Å². The van der Waals surface area contributed by atoms with Gasteiger partial charge < -0.3 is 9.33 Å². The Labute approximate surface area is 169 Å². The Morgan fingerprint density at radius 1 is 1.29 bits per heavy atom. The van der Waals surface area contributed by atoms with Crippen molar-refractivity contribution in [2.45, 2.75) is 51.4 Å². The van der Waals surface area contributed by atoms with Crippen LogP contribution >= 0.6 is 0 Å². The molecular weight excluding hydrogens is 372 g/mol. The lowest BCUT2D eigenvalue weighted by Crippen LogP contribution is -2.46. The summed E-state index contributed by atoms with van der Waals surface area (Å²) in [6.07, 6.45) is 3.04. The summed E-state index contributed by atoms with van der Waals surface area (Å²) in [6.45, 7) is 19.2. The molecule has 154 valence electrons. The fraction of sp³-hybridized carbons (Fsp3) is 0.476. The van der Waals surface area contributed by atoms with E-state index in [9.17, 15) is 14.9 Å². The van der Waals surface area contributed by atoms with E-state index < -0.39 is 19.3 Å². The zero-order chi connectivity index (χ0) is 21.5. The van der Waals surface area contributed by atoms with Crippen LogP contribution in [0.1, 0.15) is 27.2 Å². The van der Waals surface area contributed by atoms with Gasteiger partial charge in [-0.1, -0.05) is 33.4 Å². The van der Waals surface area contributed by atoms with Gasteiger partial charge in [-0.15, -0.1) is 6.58 Å². The molecule has 1 aromatic carbocycles. The van der Waals surface area contributed by atoms with Crippen LogP contribution in [0.2, 0.25) is 18.1 Å². The number of non-ortho nitro benzene ring substituents is 1. The number of hydrogen-bond donors (Lipinski definition) is 0. The number of hydrogen-bond acceptors (Lipinski definition) is 5. The van der Waals surface area contributed by atoms with Crippen molar-refractivity contribution in [1.82, 2.24) is 0 Å². The van der Waals surface area contributed by atoms with Crippen molar-refractivity contribution in [2.24, 2.45) is 0 Å². The van der Waals surface area contributed by atoms with Gasteiger partial charge in [0.15, 0.2) is 14.1 Å². The lowest BCUT2D eigenvalue weighted by atomic mass is 10.1. The van der Waals surface area contributed by atoms with Crippen molar-refractivity contribution < 1.29 is 14.1 Å². The normalized spacial score (nSPS) is 12.9. The summed E-state index contributed by atoms with van der Waals surface area (Å²) in [7, 11) is -2.12. The molecule has 7 heteroatoms. The van der Waals surface area contributed by atoms with Gasteiger partial charge in [0.05, 0.1) is 4.92 Å². The number of anilines is 1. The van der Waals surface area contributed by atoms with Crippen LogP contribution in [0, 0.1) is 10.1 Å². The Bertz CT molecular complexity index is 708. The second-order valence-corrected chi connectivity index (χ2v) is 13.0. The van der Waals surface area contributed by atoms with Gasteiger partial charge in [0.2, 0.25) is 0 Å². The third-order valence-corrected chi connectivity index (χ3v) is 9.68. The molecule has 0 radical (unpaired) electrons. The second-order valence-electron chi connectivity index (χ2n) is 8.27. The molecule has 1 rings (SSSR count). The van der Waals surface area contributed by atoms with E-state index in [0.717, 1.165) is 5.69 Å². The van der Waals surface area contributed by atoms with Crippen LogP contribution in [0.25, 0.3) is 0 Å². The fourth-order valence-electron chi connectivity index (χ4n) is 2.46. The van der Waals surface area contributed by atoms with E-state index in [1.807, 2.05) is 4.90 Å². The maximum Gasteiger partial charge on any atom is 0.269 e. The number of carbonyl (C=O) groups excluding carboxylic acids is 1. The number of carbonyl (C=O) groups is 1. The number of ketones is 1. The van der Waals surface area contributed by atoms with Gasteiger partial charge in [-0.25, -0.2) is 0 Å². The molecule has 0 heterocycles. The molecule has 28 heavy (non-hydrogen) atoms. The SMILES string of the molecule is C=CCN(CC[C@@H](O[Si](C)(C)C(C)(C)C)C(=O)C=C)c1ccc([N+](=O)[O-])cc1. The van der Waals surface area contributed by atoms with Crippen molar-refractivity contribution in [3.05, 3.63) is 59.7 Å². The van der Waals surface area contributed by atoms with E-state index in [0.29, 0.717) is 19.5 Å². The van der Waals surface area contributed by atoms with Crippen LogP contribution in [-0.2, 0) is 9.22 Å². The summed E-state index contributed by atoms with van der Waals surface area (Å²) in [5.41, 5.74) is 0.880. The quantitative estimate of drug-likeness (QED) is 0.168. The first-order valence-corrected chi connectivity index (χ1v) is 12.3. The second kappa shape index (κ2) is 9.79. The van der Waals surface area contributed by atoms with Crippen LogP contribution < -0.4 is 4.90 Å². The molecule has 6 nitrogen and oxygen atoms in total. The van der Waals surface area contributed by atoms with Crippen LogP contribution in [0.15, 0.2) is 49.6 Å². The van der Waals surface area contributed by atoms with E-state index in [-0.39, 0.29) is 16.5 Å². The molecule has 0 amide bonds. The average Bonchev–Trinajstić information content (AvgIpc) is 2.62. The summed E-state index contributed by atoms with van der Waals surface area (Å²) in [5.74, 6) is -0.118. The van der Waals surface area contributed by atoms with Crippen molar-refractivity contribution in [2.75, 3.05) is 18.0 Å². The van der Waals surface area contributed by atoms with Crippen molar-refractivity contribution >= 4 is 25.5 Å². The van der Waals surface area contributed by atoms with Gasteiger partial charge in [-0.3, -0.25) is 14.9 Å². The third kappa shape index (κ3) is 6.42. The van der Waals surface area contributed by atoms with Gasteiger partial charge >= 0.3 is 0 Å². The fourth-order valence-corrected chi connectivity index (χ4v) is 3.76. The molecule has 1 aromatic rings. The standard InChI is InChI=1S/C21H32N2O4Si/c1-8-15-22(17-10-12-18(13-11-17)23(25)26)16-14-20(19(24)9-2)27-28(6,7)21(3,4)5/h8-13,20H,1-2,14-16H2,3-7H3/t20-/m1/s1. The van der Waals surface area contributed by atoms with Crippen LogP contribution in [-0.4, -0.2) is 38.2 Å². The zero-order valence-electron chi connectivity index (χ0n) is 17.6. The van der Waals surface area contributed by atoms with Gasteiger partial charge in [-0.05, 0) is 42.8 Å². The molecule has 1 atom stereocenters. The predicted molar refractivity (Wildman–Crippen MR) is 117 cm³/mol. The minimum Gasteiger partial charge on any atom is -0.406 e. The van der Waals surface area contributed by atoms with Crippen LogP contribution in [0.5, 0.6) is 0 Å². The Kier molecular flexibility index (Phi) is 8.32. The van der Waals surface area contributed by atoms with Crippen molar-refractivity contribution in [3.63, 3.8) is 0 Å². The molecule has 0 N–H and O–H groups in total. The molecule has 0 fully saturated rings. The number of nitrogens with zero attached hydrogens (tertiary/aromatic N) is 2. The van der Waals surface area contributed by atoms with E-state index in [2.05, 4.69) is 47.0 Å². The highest BCUT2D eigenvalue weighted by atomic mass is 28.4. The molecule has 0 saturated carbocycles. The summed E-state index contributed by atoms with van der Waals surface area (Å²) >= 11 is 0. The number of nitro groups is 1. The summed E-state index contributed by atoms with van der Waals surface area (Å²) in [4.78, 5) is 24.9. The summed E-state index contributed by atoms with van der Waals surface area (Å²) in [6, 6.07) is 6.37. The van der Waals surface area contributed by atoms with Crippen molar-refractivity contribution in [1.29, 1.82) is 0 Å². The largest absolute Gasteiger partial charge is 0.406 e. The number of nitro benzene ring substituents is 1. The number of rotatable bonds is 11. The van der Waals surface area contributed by atoms with E-state index in [4.69, 9.17) is 4.43 Å². The highest BCUT2D eigenvalue weighted by Crippen LogP contribution is 2.37. The minimum atomic E-state index is -2.12. The van der Waals surface area contributed by atoms with Gasteiger partial charge in [0.25, 0.3) is 5.69 Å². The Morgan fingerprint density at radius 3 is 2.29 bits per heavy atom. The first kappa shape index (κ1) is 23.8. The first-order valence-electron chi connectivity index (χ1n) is 9.37. The van der Waals surface area contributed by atoms with Crippen molar-refractivity contribution in [3.8, 4) is 0 Å². The summed E-state index contributed by atoms with van der Waals surface area (Å²) < 4.78 is 6.35. The smallest absolute Gasteiger partial charge is 0.269 e. The Morgan fingerprint density at radius 2 is 1.86 bits per heavy atom. The van der Waals surface area contributed by atoms with E-state index in [1.165, 1.54) is 18.2 Å². The molecule has 0 aliphatic carbocycles. The summed E-state index contributed by atoms with van der Waals surface area (Å²) in [5, 5.41) is 10.9. The maximum atomic E-state index is 12.4. The molecular formula is C21H32N2O4Si. The van der Waals surface area contributed by atoms with Gasteiger partial charge in [0.1, 0.15) is 6.10 Å². The highest BCUT2D eigenvalue weighted by molar-refractivity contribution is 6.74. The molecule has 0 bridgehead atoms. The van der Waals surface area contributed by atoms with Gasteiger partial charge in [0, 0.05) is 30.9 Å². The monoisotopic (exact) mass is 404 g/mol. The van der Waals surface area contributed by atoms with Crippen LogP contribution in [0.3, 0.4) is 0 Å². The van der Waals surface area contributed by atoms with E-state index >= 15 is 0 Å². The predicted octanol–water partition coefficient (Wildman–Crippen LogP) is 5.12. The first-order chi connectivity index (χ1) is 12.9. The minimum absolute atomic E-state index is 0.00807. The highest BCUT2D eigenvalue weighted by Gasteiger charge is 2.40. The Hall–Kier alpha value is -2.25. The van der Waals surface area contributed by atoms with Crippen LogP contribution in [0.4, 0.5) is 11.4 Å². The average molecular weight is 405 g/mol. The molecule has 0 spiro atoms. The topological polar surface area (TPSA) is 72.7 Å². The molecule has 0 aliphatic rings. The lowest BCUT2D eigenvalue weighted by molar-refractivity contribution is -0.384. The zero-order valence-corrected chi connectivity index (χ0v) is 18.6. The maximum absolute atomic E-state index is 12.4. The molecule has 0 aromatic heterocycles. The molecule has 0 unspecified atom stereocenters. The van der Waals surface area contributed by atoms with E-state index in [1.54, 1.807) is 18.2 Å². The third-order valence-electron chi connectivity index (χ3n) is 5.20.